The molecule has 2 aromatic carbocycles. The largest absolute Gasteiger partial charge is 0.457 e. The van der Waals surface area contributed by atoms with Crippen molar-refractivity contribution in [1.29, 1.82) is 0 Å². The van der Waals surface area contributed by atoms with Crippen molar-refractivity contribution in [2.75, 3.05) is 5.32 Å². The Morgan fingerprint density at radius 3 is 2.56 bits per heavy atom. The number of aryl methyl sites for hydroxylation is 2. The highest BCUT2D eigenvalue weighted by Crippen LogP contribution is 2.30. The second-order valence-electron chi connectivity index (χ2n) is 5.54. The van der Waals surface area contributed by atoms with Crippen molar-refractivity contribution >= 4 is 11.5 Å². The SMILES string of the molecule is Cc1nn(C)c(NCc2ccccc2Oc2ccccc2)c1[N+](=O)[O-]. The van der Waals surface area contributed by atoms with Gasteiger partial charge in [0.1, 0.15) is 17.2 Å². The molecule has 0 spiro atoms. The number of aromatic nitrogens is 2. The zero-order chi connectivity index (χ0) is 17.8. The van der Waals surface area contributed by atoms with Crippen molar-refractivity contribution < 1.29 is 9.66 Å². The molecule has 1 aromatic heterocycles. The molecule has 0 aliphatic carbocycles. The van der Waals surface area contributed by atoms with Crippen LogP contribution in [0.1, 0.15) is 11.3 Å². The van der Waals surface area contributed by atoms with Crippen molar-refractivity contribution in [3.05, 3.63) is 76.0 Å². The maximum absolute atomic E-state index is 11.3. The topological polar surface area (TPSA) is 82.2 Å². The predicted molar refractivity (Wildman–Crippen MR) is 94.9 cm³/mol. The summed E-state index contributed by atoms with van der Waals surface area (Å²) >= 11 is 0. The normalized spacial score (nSPS) is 10.5. The van der Waals surface area contributed by atoms with Crippen molar-refractivity contribution in [3.63, 3.8) is 0 Å². The Bertz CT molecular complexity index is 891. The van der Waals surface area contributed by atoms with E-state index in [9.17, 15) is 10.1 Å². The van der Waals surface area contributed by atoms with Crippen molar-refractivity contribution in [3.8, 4) is 11.5 Å². The number of nitrogens with one attached hydrogen (secondary N) is 1. The monoisotopic (exact) mass is 338 g/mol. The van der Waals surface area contributed by atoms with Gasteiger partial charge in [-0.25, -0.2) is 4.68 Å². The summed E-state index contributed by atoms with van der Waals surface area (Å²) in [5, 5.41) is 18.5. The van der Waals surface area contributed by atoms with E-state index in [1.165, 1.54) is 4.68 Å². The minimum atomic E-state index is -0.420. The third-order valence-corrected chi connectivity index (χ3v) is 3.76. The molecule has 1 heterocycles. The third kappa shape index (κ3) is 3.60. The molecule has 7 nitrogen and oxygen atoms in total. The molecule has 3 aromatic rings. The average molecular weight is 338 g/mol. The van der Waals surface area contributed by atoms with Crippen LogP contribution in [0.3, 0.4) is 0 Å². The van der Waals surface area contributed by atoms with Gasteiger partial charge in [0.05, 0.1) is 4.92 Å². The molecular weight excluding hydrogens is 320 g/mol. The minimum absolute atomic E-state index is 0.0102. The van der Waals surface area contributed by atoms with Crippen LogP contribution < -0.4 is 10.1 Å². The van der Waals surface area contributed by atoms with Crippen molar-refractivity contribution in [2.24, 2.45) is 7.05 Å². The van der Waals surface area contributed by atoms with Gasteiger partial charge < -0.3 is 10.1 Å². The summed E-state index contributed by atoms with van der Waals surface area (Å²) in [6, 6.07) is 17.0. The number of nitrogens with zero attached hydrogens (tertiary/aromatic N) is 3. The van der Waals surface area contributed by atoms with Crippen LogP contribution >= 0.6 is 0 Å². The predicted octanol–water partition coefficient (Wildman–Crippen LogP) is 4.04. The smallest absolute Gasteiger partial charge is 0.333 e. The fourth-order valence-corrected chi connectivity index (χ4v) is 2.61. The summed E-state index contributed by atoms with van der Waals surface area (Å²) in [7, 11) is 1.68. The van der Waals surface area contributed by atoms with E-state index in [1.54, 1.807) is 14.0 Å². The van der Waals surface area contributed by atoms with Crippen molar-refractivity contribution in [2.45, 2.75) is 13.5 Å². The maximum atomic E-state index is 11.3. The lowest BCUT2D eigenvalue weighted by atomic mass is 10.2. The Balaban J connectivity index is 1.82. The van der Waals surface area contributed by atoms with E-state index < -0.39 is 4.92 Å². The second-order valence-corrected chi connectivity index (χ2v) is 5.54. The van der Waals surface area contributed by atoms with Crippen LogP contribution in [0.15, 0.2) is 54.6 Å². The fraction of sp³-hybridized carbons (Fsp3) is 0.167. The zero-order valence-electron chi connectivity index (χ0n) is 14.0. The molecule has 0 saturated carbocycles. The molecule has 7 heteroatoms. The highest BCUT2D eigenvalue weighted by molar-refractivity contribution is 5.59. The number of hydrogen-bond acceptors (Lipinski definition) is 5. The van der Waals surface area contributed by atoms with Gasteiger partial charge in [-0.1, -0.05) is 36.4 Å². The van der Waals surface area contributed by atoms with Gasteiger partial charge in [0.25, 0.3) is 0 Å². The summed E-state index contributed by atoms with van der Waals surface area (Å²) in [5.41, 5.74) is 1.26. The Kier molecular flexibility index (Phi) is 4.65. The lowest BCUT2D eigenvalue weighted by Gasteiger charge is -2.12. The molecule has 0 bridgehead atoms. The lowest BCUT2D eigenvalue weighted by Crippen LogP contribution is -2.07. The van der Waals surface area contributed by atoms with E-state index in [1.807, 2.05) is 54.6 Å². The van der Waals surface area contributed by atoms with Crippen LogP contribution in [0.4, 0.5) is 11.5 Å². The summed E-state index contributed by atoms with van der Waals surface area (Å²) in [4.78, 5) is 10.8. The minimum Gasteiger partial charge on any atom is -0.457 e. The first-order chi connectivity index (χ1) is 12.1. The molecular formula is C18H18N4O3. The van der Waals surface area contributed by atoms with Crippen LogP contribution in [0, 0.1) is 17.0 Å². The molecule has 0 fully saturated rings. The van der Waals surface area contributed by atoms with Gasteiger partial charge in [0.15, 0.2) is 0 Å². The van der Waals surface area contributed by atoms with Crippen LogP contribution in [0.2, 0.25) is 0 Å². The van der Waals surface area contributed by atoms with Crippen molar-refractivity contribution in [1.82, 2.24) is 9.78 Å². The quantitative estimate of drug-likeness (QED) is 0.542. The number of para-hydroxylation sites is 2. The number of benzene rings is 2. The first kappa shape index (κ1) is 16.5. The second kappa shape index (κ2) is 7.04. The highest BCUT2D eigenvalue weighted by atomic mass is 16.6. The molecule has 0 saturated heterocycles. The molecule has 0 atom stereocenters. The Labute approximate surface area is 145 Å². The average Bonchev–Trinajstić information content (AvgIpc) is 2.88. The fourth-order valence-electron chi connectivity index (χ4n) is 2.61. The van der Waals surface area contributed by atoms with Gasteiger partial charge in [-0.3, -0.25) is 10.1 Å². The van der Waals surface area contributed by atoms with Crippen LogP contribution in [0.25, 0.3) is 0 Å². The Morgan fingerprint density at radius 2 is 1.84 bits per heavy atom. The first-order valence-corrected chi connectivity index (χ1v) is 7.79. The van der Waals surface area contributed by atoms with Gasteiger partial charge in [-0.05, 0) is 25.1 Å². The standard InChI is InChI=1S/C18H18N4O3/c1-13-17(22(23)24)18(21(2)20-13)19-12-14-8-6-7-11-16(14)25-15-9-4-3-5-10-15/h3-11,19H,12H2,1-2H3. The van der Waals surface area contributed by atoms with Gasteiger partial charge in [0, 0.05) is 19.2 Å². The molecule has 128 valence electrons. The summed E-state index contributed by atoms with van der Waals surface area (Å²) in [6.07, 6.45) is 0. The zero-order valence-corrected chi connectivity index (χ0v) is 14.0. The Morgan fingerprint density at radius 1 is 1.16 bits per heavy atom. The summed E-state index contributed by atoms with van der Waals surface area (Å²) in [6.45, 7) is 2.00. The summed E-state index contributed by atoms with van der Waals surface area (Å²) in [5.74, 6) is 1.80. The molecule has 0 unspecified atom stereocenters. The van der Waals surface area contributed by atoms with Gasteiger partial charge in [0.2, 0.25) is 5.82 Å². The molecule has 3 rings (SSSR count). The first-order valence-electron chi connectivity index (χ1n) is 7.79. The van der Waals surface area contributed by atoms with Gasteiger partial charge >= 0.3 is 5.69 Å². The number of nitro groups is 1. The third-order valence-electron chi connectivity index (χ3n) is 3.76. The number of anilines is 1. The molecule has 0 aliphatic heterocycles. The van der Waals surface area contributed by atoms with Crippen LogP contribution in [-0.4, -0.2) is 14.7 Å². The van der Waals surface area contributed by atoms with Crippen LogP contribution in [0.5, 0.6) is 11.5 Å². The van der Waals surface area contributed by atoms with E-state index in [0.29, 0.717) is 23.8 Å². The molecule has 1 N–H and O–H groups in total. The van der Waals surface area contributed by atoms with E-state index >= 15 is 0 Å². The number of ether oxygens (including phenoxy) is 1. The maximum Gasteiger partial charge on any atom is 0.333 e. The highest BCUT2D eigenvalue weighted by Gasteiger charge is 2.23. The van der Waals surface area contributed by atoms with E-state index in [4.69, 9.17) is 4.74 Å². The van der Waals surface area contributed by atoms with E-state index in [-0.39, 0.29) is 5.69 Å². The Hall–Kier alpha value is -3.35. The molecule has 0 aliphatic rings. The van der Waals surface area contributed by atoms with Crippen LogP contribution in [-0.2, 0) is 13.6 Å². The van der Waals surface area contributed by atoms with Gasteiger partial charge in [-0.2, -0.15) is 5.10 Å². The number of rotatable bonds is 6. The lowest BCUT2D eigenvalue weighted by molar-refractivity contribution is -0.384. The summed E-state index contributed by atoms with van der Waals surface area (Å²) < 4.78 is 7.40. The molecule has 25 heavy (non-hydrogen) atoms. The molecule has 0 radical (unpaired) electrons. The van der Waals surface area contributed by atoms with Gasteiger partial charge in [-0.15, -0.1) is 0 Å². The van der Waals surface area contributed by atoms with E-state index in [2.05, 4.69) is 10.4 Å². The number of hydrogen-bond donors (Lipinski definition) is 1. The van der Waals surface area contributed by atoms with E-state index in [0.717, 1.165) is 11.3 Å². The molecule has 0 amide bonds.